The van der Waals surface area contributed by atoms with Crippen LogP contribution in [-0.2, 0) is 0 Å². The number of halogens is 1. The van der Waals surface area contributed by atoms with Crippen molar-refractivity contribution in [2.24, 2.45) is 5.92 Å². The van der Waals surface area contributed by atoms with Gasteiger partial charge in [-0.1, -0.05) is 49.2 Å². The van der Waals surface area contributed by atoms with Crippen LogP contribution in [0, 0.1) is 5.92 Å². The monoisotopic (exact) mass is 419 g/mol. The van der Waals surface area contributed by atoms with E-state index in [0.29, 0.717) is 36.1 Å². The minimum Gasteiger partial charge on any atom is -0.493 e. The molecule has 0 saturated heterocycles. The van der Waals surface area contributed by atoms with Gasteiger partial charge in [-0.05, 0) is 42.7 Å². The molecule has 140 valence electrons. The lowest BCUT2D eigenvalue weighted by Crippen LogP contribution is -2.14. The van der Waals surface area contributed by atoms with Crippen molar-refractivity contribution in [2.45, 2.75) is 33.6 Å². The maximum atomic E-state index is 12.7. The molecule has 5 heteroatoms. The fraction of sp³-hybridized carbons (Fsp3) is 0.381. The summed E-state index contributed by atoms with van der Waals surface area (Å²) in [6.45, 7) is 7.53. The molecule has 0 fully saturated rings. The second-order valence-corrected chi connectivity index (χ2v) is 7.44. The van der Waals surface area contributed by atoms with Gasteiger partial charge in [0.15, 0.2) is 0 Å². The Balaban J connectivity index is 2.11. The lowest BCUT2D eigenvalue weighted by atomic mass is 10.1. The van der Waals surface area contributed by atoms with Crippen LogP contribution in [0.3, 0.4) is 0 Å². The zero-order chi connectivity index (χ0) is 18.9. The average Bonchev–Trinajstić information content (AvgIpc) is 2.61. The van der Waals surface area contributed by atoms with Crippen LogP contribution in [0.4, 0.5) is 5.69 Å². The molecule has 2 aromatic carbocycles. The number of ether oxygens (including phenoxy) is 2. The Bertz CT molecular complexity index is 731. The highest BCUT2D eigenvalue weighted by Crippen LogP contribution is 2.25. The van der Waals surface area contributed by atoms with Crippen molar-refractivity contribution in [3.05, 3.63) is 52.5 Å². The highest BCUT2D eigenvalue weighted by Gasteiger charge is 2.14. The smallest absolute Gasteiger partial charge is 0.259 e. The summed E-state index contributed by atoms with van der Waals surface area (Å²) in [5.41, 5.74) is 1.19. The molecule has 0 bridgehead atoms. The quantitative estimate of drug-likeness (QED) is 0.513. The number of carbonyl (C=O) groups is 1. The van der Waals surface area contributed by atoms with Crippen molar-refractivity contribution in [3.63, 3.8) is 0 Å². The molecule has 0 heterocycles. The predicted octanol–water partition coefficient (Wildman–Crippen LogP) is 5.92. The highest BCUT2D eigenvalue weighted by molar-refractivity contribution is 9.10. The van der Waals surface area contributed by atoms with E-state index in [1.165, 1.54) is 0 Å². The number of benzene rings is 2. The standard InChI is InChI=1S/C21H26BrNO3/c1-4-5-11-25-20-10-9-16(22)12-19(20)21(24)23-17-7-6-8-18(13-17)26-14-15(2)3/h6-10,12-13,15H,4-5,11,14H2,1-3H3,(H,23,24). The molecule has 0 aromatic heterocycles. The van der Waals surface area contributed by atoms with Crippen LogP contribution < -0.4 is 14.8 Å². The molecular weight excluding hydrogens is 394 g/mol. The molecule has 0 saturated carbocycles. The van der Waals surface area contributed by atoms with Gasteiger partial charge in [-0.3, -0.25) is 4.79 Å². The zero-order valence-corrected chi connectivity index (χ0v) is 17.1. The van der Waals surface area contributed by atoms with E-state index in [1.54, 1.807) is 6.07 Å². The molecule has 0 unspecified atom stereocenters. The number of nitrogens with one attached hydrogen (secondary N) is 1. The summed E-state index contributed by atoms with van der Waals surface area (Å²) >= 11 is 3.42. The van der Waals surface area contributed by atoms with Crippen molar-refractivity contribution >= 4 is 27.5 Å². The average molecular weight is 420 g/mol. The maximum Gasteiger partial charge on any atom is 0.259 e. The highest BCUT2D eigenvalue weighted by atomic mass is 79.9. The largest absolute Gasteiger partial charge is 0.493 e. The van der Waals surface area contributed by atoms with Gasteiger partial charge >= 0.3 is 0 Å². The Morgan fingerprint density at radius 2 is 1.96 bits per heavy atom. The van der Waals surface area contributed by atoms with Gasteiger partial charge in [-0.25, -0.2) is 0 Å². The number of hydrogen-bond acceptors (Lipinski definition) is 3. The van der Waals surface area contributed by atoms with Crippen molar-refractivity contribution in [1.82, 2.24) is 0 Å². The van der Waals surface area contributed by atoms with Gasteiger partial charge in [0, 0.05) is 16.2 Å². The summed E-state index contributed by atoms with van der Waals surface area (Å²) in [5, 5.41) is 2.92. The van der Waals surface area contributed by atoms with Crippen molar-refractivity contribution < 1.29 is 14.3 Å². The molecule has 1 N–H and O–H groups in total. The van der Waals surface area contributed by atoms with Crippen LogP contribution in [0.25, 0.3) is 0 Å². The summed E-state index contributed by atoms with van der Waals surface area (Å²) < 4.78 is 12.3. The molecule has 1 amide bonds. The first kappa shape index (κ1) is 20.3. The minimum absolute atomic E-state index is 0.209. The van der Waals surface area contributed by atoms with Gasteiger partial charge in [-0.2, -0.15) is 0 Å². The molecule has 0 aliphatic rings. The fourth-order valence-corrected chi connectivity index (χ4v) is 2.62. The Morgan fingerprint density at radius 3 is 2.69 bits per heavy atom. The van der Waals surface area contributed by atoms with Crippen molar-refractivity contribution in [2.75, 3.05) is 18.5 Å². The summed E-state index contributed by atoms with van der Waals surface area (Å²) in [6, 6.07) is 12.9. The zero-order valence-electron chi connectivity index (χ0n) is 15.5. The Hall–Kier alpha value is -2.01. The molecule has 2 rings (SSSR count). The van der Waals surface area contributed by atoms with E-state index in [-0.39, 0.29) is 5.91 Å². The number of amides is 1. The van der Waals surface area contributed by atoms with E-state index >= 15 is 0 Å². The lowest BCUT2D eigenvalue weighted by molar-refractivity contribution is 0.102. The van der Waals surface area contributed by atoms with Gasteiger partial charge in [0.1, 0.15) is 11.5 Å². The van der Waals surface area contributed by atoms with Crippen LogP contribution in [0.2, 0.25) is 0 Å². The summed E-state index contributed by atoms with van der Waals surface area (Å²) in [7, 11) is 0. The van der Waals surface area contributed by atoms with E-state index in [4.69, 9.17) is 9.47 Å². The van der Waals surface area contributed by atoms with Gasteiger partial charge in [0.2, 0.25) is 0 Å². The normalized spacial score (nSPS) is 10.7. The molecule has 0 radical (unpaired) electrons. The van der Waals surface area contributed by atoms with E-state index in [1.807, 2.05) is 36.4 Å². The summed E-state index contributed by atoms with van der Waals surface area (Å²) in [6.07, 6.45) is 1.99. The Kier molecular flexibility index (Phi) is 7.98. The Morgan fingerprint density at radius 1 is 1.15 bits per heavy atom. The second kappa shape index (κ2) is 10.2. The SMILES string of the molecule is CCCCOc1ccc(Br)cc1C(=O)Nc1cccc(OCC(C)C)c1. The number of rotatable bonds is 9. The molecular formula is C21H26BrNO3. The first-order valence-corrected chi connectivity index (χ1v) is 9.75. The number of hydrogen-bond donors (Lipinski definition) is 1. The maximum absolute atomic E-state index is 12.7. The Labute approximate surface area is 164 Å². The number of carbonyl (C=O) groups excluding carboxylic acids is 1. The molecule has 0 spiro atoms. The first-order chi connectivity index (χ1) is 12.5. The van der Waals surface area contributed by atoms with Crippen LogP contribution in [0.15, 0.2) is 46.9 Å². The lowest BCUT2D eigenvalue weighted by Gasteiger charge is -2.13. The predicted molar refractivity (Wildman–Crippen MR) is 109 cm³/mol. The van der Waals surface area contributed by atoms with E-state index < -0.39 is 0 Å². The van der Waals surface area contributed by atoms with Crippen LogP contribution >= 0.6 is 15.9 Å². The van der Waals surface area contributed by atoms with Crippen molar-refractivity contribution in [1.29, 1.82) is 0 Å². The first-order valence-electron chi connectivity index (χ1n) is 8.96. The van der Waals surface area contributed by atoms with E-state index in [0.717, 1.165) is 23.1 Å². The topological polar surface area (TPSA) is 47.6 Å². The van der Waals surface area contributed by atoms with E-state index in [2.05, 4.69) is 42.0 Å². The van der Waals surface area contributed by atoms with Gasteiger partial charge in [0.25, 0.3) is 5.91 Å². The van der Waals surface area contributed by atoms with Crippen molar-refractivity contribution in [3.8, 4) is 11.5 Å². The minimum atomic E-state index is -0.209. The summed E-state index contributed by atoms with van der Waals surface area (Å²) in [5.74, 6) is 1.56. The molecule has 0 aliphatic heterocycles. The second-order valence-electron chi connectivity index (χ2n) is 6.53. The number of anilines is 1. The fourth-order valence-electron chi connectivity index (χ4n) is 2.26. The molecule has 4 nitrogen and oxygen atoms in total. The van der Waals surface area contributed by atoms with Gasteiger partial charge < -0.3 is 14.8 Å². The molecule has 0 aliphatic carbocycles. The van der Waals surface area contributed by atoms with Crippen LogP contribution in [0.1, 0.15) is 44.0 Å². The van der Waals surface area contributed by atoms with Gasteiger partial charge in [-0.15, -0.1) is 0 Å². The van der Waals surface area contributed by atoms with E-state index in [9.17, 15) is 4.79 Å². The third-order valence-electron chi connectivity index (χ3n) is 3.62. The van der Waals surface area contributed by atoms with Crippen LogP contribution in [0.5, 0.6) is 11.5 Å². The van der Waals surface area contributed by atoms with Crippen LogP contribution in [-0.4, -0.2) is 19.1 Å². The van der Waals surface area contributed by atoms with Gasteiger partial charge in [0.05, 0.1) is 18.8 Å². The third kappa shape index (κ3) is 6.37. The molecule has 26 heavy (non-hydrogen) atoms. The molecule has 0 atom stereocenters. The summed E-state index contributed by atoms with van der Waals surface area (Å²) in [4.78, 5) is 12.7. The molecule has 2 aromatic rings. The third-order valence-corrected chi connectivity index (χ3v) is 4.11. The number of unbranched alkanes of at least 4 members (excludes halogenated alkanes) is 1.